The van der Waals surface area contributed by atoms with E-state index in [4.69, 9.17) is 19.8 Å². The fraction of sp³-hybridized carbons (Fsp3) is 0.400. The Bertz CT molecular complexity index is 960. The van der Waals surface area contributed by atoms with Gasteiger partial charge in [0.25, 0.3) is 5.91 Å². The highest BCUT2D eigenvalue weighted by Crippen LogP contribution is 2.21. The second kappa shape index (κ2) is 12.2. The average Bonchev–Trinajstić information content (AvgIpc) is 2.85. The fourth-order valence-corrected chi connectivity index (χ4v) is 4.38. The van der Waals surface area contributed by atoms with E-state index in [0.29, 0.717) is 19.1 Å². The number of hydrogen-bond acceptors (Lipinski definition) is 5. The molecule has 4 rings (SSSR count). The van der Waals surface area contributed by atoms with Crippen LogP contribution in [0.3, 0.4) is 0 Å². The fourth-order valence-electron chi connectivity index (χ4n) is 4.38. The smallest absolute Gasteiger partial charge is 0.414 e. The lowest BCUT2D eigenvalue weighted by molar-refractivity contribution is -0.159. The standard InChI is InChI=1S/C23H28FN3O.C2H2O4/c24-22-9-5-4-8-21(22)23(28)27-16-14-26(15-17-27)20-10-12-25(13-11-20)18-19-6-2-1-3-7-19;3-1(4)2(5)6/h1-9,20H,10-18H2;(H,3,4)(H,5,6). The van der Waals surface area contributed by atoms with E-state index in [1.54, 1.807) is 23.1 Å². The van der Waals surface area contributed by atoms with Crippen molar-refractivity contribution in [2.45, 2.75) is 25.4 Å². The van der Waals surface area contributed by atoms with E-state index >= 15 is 0 Å². The summed E-state index contributed by atoms with van der Waals surface area (Å²) in [5.74, 6) is -4.26. The van der Waals surface area contributed by atoms with Crippen LogP contribution < -0.4 is 0 Å². The predicted molar refractivity (Wildman–Crippen MR) is 124 cm³/mol. The van der Waals surface area contributed by atoms with E-state index < -0.39 is 17.8 Å². The number of piperazine rings is 1. The van der Waals surface area contributed by atoms with Crippen LogP contribution in [0.15, 0.2) is 54.6 Å². The maximum Gasteiger partial charge on any atom is 0.414 e. The van der Waals surface area contributed by atoms with Gasteiger partial charge in [-0.15, -0.1) is 0 Å². The summed E-state index contributed by atoms with van der Waals surface area (Å²) in [6.07, 6.45) is 2.35. The first-order chi connectivity index (χ1) is 16.3. The third kappa shape index (κ3) is 7.10. The Morgan fingerprint density at radius 3 is 1.91 bits per heavy atom. The molecular formula is C25H30FN3O5. The molecule has 2 N–H and O–H groups in total. The largest absolute Gasteiger partial charge is 0.473 e. The summed E-state index contributed by atoms with van der Waals surface area (Å²) in [5, 5.41) is 14.8. The van der Waals surface area contributed by atoms with E-state index in [9.17, 15) is 9.18 Å². The van der Waals surface area contributed by atoms with Gasteiger partial charge in [0.05, 0.1) is 5.56 Å². The molecule has 0 spiro atoms. The van der Waals surface area contributed by atoms with Crippen molar-refractivity contribution < 1.29 is 29.0 Å². The third-order valence-corrected chi connectivity index (χ3v) is 6.21. The van der Waals surface area contributed by atoms with Gasteiger partial charge in [-0.1, -0.05) is 42.5 Å². The van der Waals surface area contributed by atoms with Crippen LogP contribution in [0.25, 0.3) is 0 Å². The lowest BCUT2D eigenvalue weighted by Crippen LogP contribution is -2.54. The Morgan fingerprint density at radius 2 is 1.35 bits per heavy atom. The molecule has 2 saturated heterocycles. The Labute approximate surface area is 198 Å². The number of nitrogens with zero attached hydrogens (tertiary/aromatic N) is 3. The van der Waals surface area contributed by atoms with Crippen LogP contribution in [-0.2, 0) is 16.1 Å². The van der Waals surface area contributed by atoms with Crippen LogP contribution in [-0.4, -0.2) is 88.1 Å². The summed E-state index contributed by atoms with van der Waals surface area (Å²) in [5.41, 5.74) is 1.56. The highest BCUT2D eigenvalue weighted by Gasteiger charge is 2.29. The number of aliphatic carboxylic acids is 2. The zero-order chi connectivity index (χ0) is 24.5. The number of amides is 1. The summed E-state index contributed by atoms with van der Waals surface area (Å²) in [4.78, 5) is 37.6. The number of hydrogen-bond donors (Lipinski definition) is 2. The normalized spacial score (nSPS) is 17.5. The monoisotopic (exact) mass is 471 g/mol. The highest BCUT2D eigenvalue weighted by molar-refractivity contribution is 6.27. The lowest BCUT2D eigenvalue weighted by Gasteiger charge is -2.42. The molecule has 2 aromatic carbocycles. The van der Waals surface area contributed by atoms with Gasteiger partial charge in [-0.3, -0.25) is 14.6 Å². The number of halogens is 1. The van der Waals surface area contributed by atoms with Gasteiger partial charge in [0.2, 0.25) is 0 Å². The Kier molecular flexibility index (Phi) is 9.12. The van der Waals surface area contributed by atoms with Gasteiger partial charge in [0.15, 0.2) is 0 Å². The van der Waals surface area contributed by atoms with Crippen molar-refractivity contribution in [3.63, 3.8) is 0 Å². The Morgan fingerprint density at radius 1 is 0.794 bits per heavy atom. The quantitative estimate of drug-likeness (QED) is 0.661. The first-order valence-electron chi connectivity index (χ1n) is 11.4. The molecule has 0 saturated carbocycles. The van der Waals surface area contributed by atoms with Gasteiger partial charge in [0, 0.05) is 38.8 Å². The minimum atomic E-state index is -1.82. The molecule has 0 unspecified atom stereocenters. The number of rotatable bonds is 4. The summed E-state index contributed by atoms with van der Waals surface area (Å²) < 4.78 is 13.9. The zero-order valence-electron chi connectivity index (χ0n) is 19.0. The van der Waals surface area contributed by atoms with Crippen molar-refractivity contribution in [3.05, 3.63) is 71.5 Å². The molecule has 0 bridgehead atoms. The maximum absolute atomic E-state index is 13.9. The van der Waals surface area contributed by atoms with E-state index in [2.05, 4.69) is 40.1 Å². The van der Waals surface area contributed by atoms with Crippen molar-refractivity contribution in [1.29, 1.82) is 0 Å². The van der Waals surface area contributed by atoms with Crippen molar-refractivity contribution in [2.24, 2.45) is 0 Å². The zero-order valence-corrected chi connectivity index (χ0v) is 19.0. The van der Waals surface area contributed by atoms with Gasteiger partial charge < -0.3 is 15.1 Å². The van der Waals surface area contributed by atoms with Gasteiger partial charge >= 0.3 is 11.9 Å². The third-order valence-electron chi connectivity index (χ3n) is 6.21. The van der Waals surface area contributed by atoms with Gasteiger partial charge in [-0.05, 0) is 43.6 Å². The molecule has 8 nitrogen and oxygen atoms in total. The van der Waals surface area contributed by atoms with Crippen LogP contribution >= 0.6 is 0 Å². The van der Waals surface area contributed by atoms with Gasteiger partial charge in [-0.2, -0.15) is 0 Å². The summed E-state index contributed by atoms with van der Waals surface area (Å²) >= 11 is 0. The van der Waals surface area contributed by atoms with Gasteiger partial charge in [-0.25, -0.2) is 14.0 Å². The molecule has 182 valence electrons. The van der Waals surface area contributed by atoms with Crippen LogP contribution in [0.5, 0.6) is 0 Å². The van der Waals surface area contributed by atoms with Gasteiger partial charge in [0.1, 0.15) is 5.82 Å². The van der Waals surface area contributed by atoms with Crippen LogP contribution in [0.2, 0.25) is 0 Å². The number of likely N-dealkylation sites (tertiary alicyclic amines) is 1. The molecule has 0 aromatic heterocycles. The molecule has 0 aliphatic carbocycles. The topological polar surface area (TPSA) is 101 Å². The molecule has 0 radical (unpaired) electrons. The first kappa shape index (κ1) is 25.3. The number of carbonyl (C=O) groups is 3. The minimum Gasteiger partial charge on any atom is -0.473 e. The number of carboxylic acid groups (broad SMARTS) is 2. The van der Waals surface area contributed by atoms with Crippen LogP contribution in [0.1, 0.15) is 28.8 Å². The molecule has 0 atom stereocenters. The van der Waals surface area contributed by atoms with E-state index in [-0.39, 0.29) is 11.5 Å². The molecule has 2 aromatic rings. The second-order valence-electron chi connectivity index (χ2n) is 8.41. The van der Waals surface area contributed by atoms with Crippen molar-refractivity contribution in [1.82, 2.24) is 14.7 Å². The van der Waals surface area contributed by atoms with E-state index in [1.807, 2.05) is 0 Å². The molecular weight excluding hydrogens is 441 g/mol. The molecule has 2 aliphatic rings. The van der Waals surface area contributed by atoms with Crippen molar-refractivity contribution in [3.8, 4) is 0 Å². The molecule has 2 heterocycles. The summed E-state index contributed by atoms with van der Waals surface area (Å²) in [6.45, 7) is 6.38. The molecule has 1 amide bonds. The van der Waals surface area contributed by atoms with Crippen LogP contribution in [0, 0.1) is 5.82 Å². The average molecular weight is 472 g/mol. The summed E-state index contributed by atoms with van der Waals surface area (Å²) in [7, 11) is 0. The van der Waals surface area contributed by atoms with Crippen molar-refractivity contribution in [2.75, 3.05) is 39.3 Å². The Hall–Kier alpha value is -3.30. The van der Waals surface area contributed by atoms with E-state index in [1.165, 1.54) is 24.5 Å². The first-order valence-corrected chi connectivity index (χ1v) is 11.4. The predicted octanol–water partition coefficient (Wildman–Crippen LogP) is 2.40. The number of piperidine rings is 1. The molecule has 34 heavy (non-hydrogen) atoms. The molecule has 2 aliphatic heterocycles. The number of carbonyl (C=O) groups excluding carboxylic acids is 1. The minimum absolute atomic E-state index is 0.185. The van der Waals surface area contributed by atoms with Crippen LogP contribution in [0.4, 0.5) is 4.39 Å². The lowest BCUT2D eigenvalue weighted by atomic mass is 10.0. The molecule has 2 fully saturated rings. The van der Waals surface area contributed by atoms with E-state index in [0.717, 1.165) is 32.7 Å². The highest BCUT2D eigenvalue weighted by atomic mass is 19.1. The SMILES string of the molecule is O=C(O)C(=O)O.O=C(c1ccccc1F)N1CCN(C2CCN(Cc3ccccc3)CC2)CC1. The molecule has 9 heteroatoms. The summed E-state index contributed by atoms with van der Waals surface area (Å²) in [6, 6.07) is 17.5. The maximum atomic E-state index is 13.9. The number of benzene rings is 2. The number of carboxylic acids is 2. The van der Waals surface area contributed by atoms with Crippen molar-refractivity contribution >= 4 is 17.8 Å². The second-order valence-corrected chi connectivity index (χ2v) is 8.41. The Balaban J connectivity index is 0.000000481.